The van der Waals surface area contributed by atoms with Gasteiger partial charge in [-0.1, -0.05) is 0 Å². The molecule has 6 heteroatoms. The monoisotopic (exact) mass is 866 g/mol. The van der Waals surface area contributed by atoms with Gasteiger partial charge in [-0.25, -0.2) is 0 Å². The third-order valence-electron chi connectivity index (χ3n) is 10.3. The summed E-state index contributed by atoms with van der Waals surface area (Å²) >= 11 is -4.20. The second-order valence-electron chi connectivity index (χ2n) is 14.6. The molecule has 0 aromatic rings. The van der Waals surface area contributed by atoms with Crippen LogP contribution in [-0.2, 0) is 9.47 Å². The molecule has 2 N–H and O–H groups in total. The van der Waals surface area contributed by atoms with Crippen molar-refractivity contribution in [2.24, 2.45) is 0 Å². The zero-order valence-electron chi connectivity index (χ0n) is 32.0. The molecule has 0 spiro atoms. The van der Waals surface area contributed by atoms with Crippen molar-refractivity contribution in [3.63, 3.8) is 0 Å². The first-order valence-electron chi connectivity index (χ1n) is 20.3. The van der Waals surface area contributed by atoms with E-state index in [2.05, 4.69) is 53.7 Å². The Bertz CT molecular complexity index is 597. The van der Waals surface area contributed by atoms with Crippen LogP contribution in [0.15, 0.2) is 24.7 Å². The Kier molecular flexibility index (Phi) is 33.2. The van der Waals surface area contributed by atoms with Crippen LogP contribution in [0, 0.1) is 0 Å². The van der Waals surface area contributed by atoms with Crippen molar-refractivity contribution < 1.29 is 19.7 Å². The predicted octanol–water partition coefficient (Wildman–Crippen LogP) is 12.8. The number of hydrogen-bond donors (Lipinski definition) is 2. The molecule has 46 heavy (non-hydrogen) atoms. The van der Waals surface area contributed by atoms with E-state index >= 15 is 0 Å². The second kappa shape index (κ2) is 32.8. The van der Waals surface area contributed by atoms with Crippen molar-refractivity contribution in [2.75, 3.05) is 13.2 Å². The van der Waals surface area contributed by atoms with Crippen molar-refractivity contribution >= 4 is 36.8 Å². The minimum absolute atomic E-state index is 0.639. The van der Waals surface area contributed by atoms with Crippen LogP contribution in [0.5, 0.6) is 0 Å². The van der Waals surface area contributed by atoms with E-state index in [4.69, 9.17) is 9.47 Å². The summed E-state index contributed by atoms with van der Waals surface area (Å²) in [6.07, 6.45) is 28.7. The molecule has 0 aliphatic carbocycles. The normalized spacial score (nSPS) is 14.0. The molecule has 0 aromatic carbocycles. The van der Waals surface area contributed by atoms with E-state index in [-0.39, 0.29) is 0 Å². The fourth-order valence-corrected chi connectivity index (χ4v) is 37.1. The third kappa shape index (κ3) is 24.7. The van der Waals surface area contributed by atoms with Crippen LogP contribution in [0.2, 0.25) is 35.5 Å². The van der Waals surface area contributed by atoms with Crippen LogP contribution in [0.4, 0.5) is 0 Å². The first kappa shape index (κ1) is 46.6. The van der Waals surface area contributed by atoms with Gasteiger partial charge in [0, 0.05) is 0 Å². The van der Waals surface area contributed by atoms with Gasteiger partial charge in [0.1, 0.15) is 0 Å². The SMILES string of the molecule is CCC[CH2][Sn]([CH2]/C=C/OCCCCC(O)C(O)CCCCO/C=C/[CH2][Sn]([CH2]CCC)([CH2]CCC)[CH2]CCC)([CH2]CCC)[CH2]CCC. The van der Waals surface area contributed by atoms with Crippen molar-refractivity contribution in [3.05, 3.63) is 24.7 Å². The zero-order chi connectivity index (χ0) is 34.2. The molecule has 274 valence electrons. The van der Waals surface area contributed by atoms with E-state index in [0.29, 0.717) is 26.1 Å². The van der Waals surface area contributed by atoms with Crippen molar-refractivity contribution in [1.29, 1.82) is 0 Å². The molecule has 0 amide bonds. The van der Waals surface area contributed by atoms with Gasteiger partial charge in [-0.15, -0.1) is 0 Å². The van der Waals surface area contributed by atoms with E-state index in [1.807, 2.05) is 12.5 Å². The molecule has 0 aliphatic heterocycles. The Morgan fingerprint density at radius 1 is 0.435 bits per heavy atom. The summed E-state index contributed by atoms with van der Waals surface area (Å²) in [4.78, 5) is 0. The molecule has 2 atom stereocenters. The Morgan fingerprint density at radius 3 is 0.978 bits per heavy atom. The van der Waals surface area contributed by atoms with Crippen LogP contribution in [-0.4, -0.2) is 72.4 Å². The van der Waals surface area contributed by atoms with Gasteiger partial charge in [-0.2, -0.15) is 0 Å². The van der Waals surface area contributed by atoms with E-state index < -0.39 is 49.0 Å². The van der Waals surface area contributed by atoms with E-state index in [0.717, 1.165) is 25.7 Å². The molecule has 0 saturated carbocycles. The standard InChI is InChI=1S/C16H28O4.6C4H9.2Sn/c1-3-11-19-13-7-5-9-15(17)16(18)10-6-8-14-20-12-4-2;6*1-3-4-2;;/h3-4,11-12,15-18H,1-2,5-10,13-14H2;6*1,3-4H2,2H3;;/b11-3+,12-4+;;;;;;;;. The number of rotatable bonds is 35. The number of unbranched alkanes of at least 4 members (excludes halogenated alkanes) is 8. The topological polar surface area (TPSA) is 58.9 Å². The van der Waals surface area contributed by atoms with Crippen LogP contribution in [0.3, 0.4) is 0 Å². The summed E-state index contributed by atoms with van der Waals surface area (Å²) in [5.41, 5.74) is 0. The molecule has 2 unspecified atom stereocenters. The number of aliphatic hydroxyl groups excluding tert-OH is 2. The van der Waals surface area contributed by atoms with Gasteiger partial charge in [-0.3, -0.25) is 0 Å². The average Bonchev–Trinajstić information content (AvgIpc) is 3.07. The maximum atomic E-state index is 10.5. The van der Waals surface area contributed by atoms with Crippen molar-refractivity contribution in [2.45, 2.75) is 205 Å². The summed E-state index contributed by atoms with van der Waals surface area (Å²) < 4.78 is 23.7. The average molecular weight is 865 g/mol. The van der Waals surface area contributed by atoms with Gasteiger partial charge in [0.25, 0.3) is 0 Å². The molecule has 0 bridgehead atoms. The number of aliphatic hydroxyl groups is 2. The van der Waals surface area contributed by atoms with Crippen LogP contribution in [0.1, 0.15) is 157 Å². The fraction of sp³-hybridized carbons (Fsp3) is 0.900. The van der Waals surface area contributed by atoms with E-state index in [1.165, 1.54) is 85.9 Å². The second-order valence-corrected chi connectivity index (χ2v) is 42.7. The van der Waals surface area contributed by atoms with Gasteiger partial charge >= 0.3 is 299 Å². The Labute approximate surface area is 297 Å². The van der Waals surface area contributed by atoms with E-state index in [9.17, 15) is 10.2 Å². The van der Waals surface area contributed by atoms with Gasteiger partial charge in [0.05, 0.1) is 0 Å². The Balaban J connectivity index is 4.27. The number of allylic oxidation sites excluding steroid dienone is 2. The summed E-state index contributed by atoms with van der Waals surface area (Å²) in [6.45, 7) is 15.4. The summed E-state index contributed by atoms with van der Waals surface area (Å²) in [7, 11) is 0. The summed E-state index contributed by atoms with van der Waals surface area (Å²) in [5.74, 6) is 0. The molecule has 0 aliphatic rings. The molecule has 0 aromatic heterocycles. The maximum absolute atomic E-state index is 10.5. The third-order valence-corrected chi connectivity index (χ3v) is 40.8. The predicted molar refractivity (Wildman–Crippen MR) is 209 cm³/mol. The molecule has 0 heterocycles. The number of ether oxygens (including phenoxy) is 2. The van der Waals surface area contributed by atoms with Gasteiger partial charge < -0.3 is 0 Å². The molecular weight excluding hydrogens is 782 g/mol. The minimum atomic E-state index is -2.10. The molecule has 0 fully saturated rings. The molecular formula is C40H82O4Sn2. The Morgan fingerprint density at radius 2 is 0.717 bits per heavy atom. The first-order valence-corrected chi connectivity index (χ1v) is 36.4. The fourth-order valence-electron chi connectivity index (χ4n) is 7.00. The van der Waals surface area contributed by atoms with Gasteiger partial charge in [0.2, 0.25) is 0 Å². The van der Waals surface area contributed by atoms with Crippen LogP contribution < -0.4 is 0 Å². The number of hydrogen-bond acceptors (Lipinski definition) is 4. The van der Waals surface area contributed by atoms with Crippen LogP contribution >= 0.6 is 0 Å². The molecule has 0 saturated heterocycles. The van der Waals surface area contributed by atoms with E-state index in [1.54, 1.807) is 26.6 Å². The zero-order valence-corrected chi connectivity index (χ0v) is 37.7. The summed E-state index contributed by atoms with van der Waals surface area (Å²) in [6, 6.07) is 0. The van der Waals surface area contributed by atoms with Crippen molar-refractivity contribution in [1.82, 2.24) is 0 Å². The Hall–Kier alpha value is 0.597. The molecule has 0 radical (unpaired) electrons. The molecule has 4 nitrogen and oxygen atoms in total. The van der Waals surface area contributed by atoms with Gasteiger partial charge in [-0.05, 0) is 0 Å². The summed E-state index contributed by atoms with van der Waals surface area (Å²) in [5, 5.41) is 20.9. The van der Waals surface area contributed by atoms with Crippen LogP contribution in [0.25, 0.3) is 0 Å². The molecule has 0 rings (SSSR count). The quantitative estimate of drug-likeness (QED) is 0.0379. The first-order chi connectivity index (χ1) is 22.4. The van der Waals surface area contributed by atoms with Gasteiger partial charge in [0.15, 0.2) is 0 Å². The van der Waals surface area contributed by atoms with Crippen molar-refractivity contribution in [3.8, 4) is 0 Å².